The molecule has 10 nitrogen and oxygen atoms in total. The third kappa shape index (κ3) is 6.22. The molecule has 13 heteroatoms. The van der Waals surface area contributed by atoms with Gasteiger partial charge in [0.15, 0.2) is 0 Å². The van der Waals surface area contributed by atoms with E-state index in [4.69, 9.17) is 16.2 Å². The van der Waals surface area contributed by atoms with Crippen LogP contribution in [0.3, 0.4) is 0 Å². The van der Waals surface area contributed by atoms with Gasteiger partial charge in [-0.3, -0.25) is 19.9 Å². The minimum absolute atomic E-state index is 0.0359. The first-order valence-electron chi connectivity index (χ1n) is 9.96. The molecule has 2 aromatic rings. The minimum atomic E-state index is -4.81. The van der Waals surface area contributed by atoms with Gasteiger partial charge in [-0.25, -0.2) is 4.98 Å². The number of aliphatic imine (C=N–C) groups is 1. The molecule has 2 amide bonds. The molecular weight excluding hydrogens is 443 g/mol. The highest BCUT2D eigenvalue weighted by Crippen LogP contribution is 2.31. The lowest BCUT2D eigenvalue weighted by atomic mass is 10.1. The van der Waals surface area contributed by atoms with Crippen LogP contribution in [0.2, 0.25) is 0 Å². The standard InChI is InChI=1S/C20H26F3N7O3/c1-4-27-13(10-15(24)20(21,22)23)18(32)29-19-28-12-8-11(17(25)31)9-14(33-3)16(12)30(19)7-5-6-26-2/h8-10,26H,4-7,24H2,1-3H3,(H2,25,31)(H,28,29,32). The van der Waals surface area contributed by atoms with E-state index in [1.165, 1.54) is 19.2 Å². The number of aryl methyl sites for hydroxylation is 1. The van der Waals surface area contributed by atoms with E-state index >= 15 is 0 Å². The maximum absolute atomic E-state index is 12.8. The Morgan fingerprint density at radius 3 is 2.55 bits per heavy atom. The zero-order chi connectivity index (χ0) is 24.8. The quantitative estimate of drug-likeness (QED) is 0.306. The molecule has 0 saturated heterocycles. The number of imidazole rings is 1. The predicted molar refractivity (Wildman–Crippen MR) is 118 cm³/mol. The predicted octanol–water partition coefficient (Wildman–Crippen LogP) is 1.56. The average molecular weight is 469 g/mol. The Hall–Kier alpha value is -3.61. The number of nitrogens with two attached hydrogens (primary N) is 2. The molecule has 1 heterocycles. The van der Waals surface area contributed by atoms with Crippen molar-refractivity contribution in [1.29, 1.82) is 0 Å². The summed E-state index contributed by atoms with van der Waals surface area (Å²) in [6, 6.07) is 2.89. The van der Waals surface area contributed by atoms with Crippen molar-refractivity contribution in [1.82, 2.24) is 14.9 Å². The summed E-state index contributed by atoms with van der Waals surface area (Å²) in [4.78, 5) is 32.6. The third-order valence-corrected chi connectivity index (χ3v) is 4.53. The summed E-state index contributed by atoms with van der Waals surface area (Å²) in [6.07, 6.45) is -3.71. The number of benzene rings is 1. The number of rotatable bonds is 10. The number of alkyl halides is 3. The number of methoxy groups -OCH3 is 1. The molecule has 0 aliphatic rings. The Balaban J connectivity index is 2.57. The Labute approximate surface area is 187 Å². The fraction of sp³-hybridized carbons (Fsp3) is 0.400. The molecule has 1 aromatic carbocycles. The number of hydrogen-bond donors (Lipinski definition) is 4. The molecule has 0 saturated carbocycles. The van der Waals surface area contributed by atoms with E-state index in [0.29, 0.717) is 42.4 Å². The Kier molecular flexibility index (Phi) is 8.40. The van der Waals surface area contributed by atoms with Crippen molar-refractivity contribution in [2.75, 3.05) is 32.6 Å². The summed E-state index contributed by atoms with van der Waals surface area (Å²) in [6.45, 7) is 2.63. The highest BCUT2D eigenvalue weighted by Gasteiger charge is 2.32. The Bertz CT molecular complexity index is 1090. The number of carbonyl (C=O) groups excluding carboxylic acids is 2. The molecule has 0 aliphatic carbocycles. The van der Waals surface area contributed by atoms with E-state index in [2.05, 4.69) is 20.6 Å². The molecule has 0 radical (unpaired) electrons. The summed E-state index contributed by atoms with van der Waals surface area (Å²) < 4.78 is 45.6. The molecule has 6 N–H and O–H groups in total. The molecule has 180 valence electrons. The second-order valence-electron chi connectivity index (χ2n) is 6.87. The first-order chi connectivity index (χ1) is 15.5. The summed E-state index contributed by atoms with van der Waals surface area (Å²) in [5, 5.41) is 5.49. The summed E-state index contributed by atoms with van der Waals surface area (Å²) >= 11 is 0. The number of nitrogens with zero attached hydrogens (tertiary/aromatic N) is 3. The lowest BCUT2D eigenvalue weighted by Gasteiger charge is -2.13. The molecule has 0 bridgehead atoms. The van der Waals surface area contributed by atoms with Gasteiger partial charge in [-0.05, 0) is 45.1 Å². The number of nitrogens with one attached hydrogen (secondary N) is 2. The number of anilines is 1. The maximum Gasteiger partial charge on any atom is 0.430 e. The van der Waals surface area contributed by atoms with Crippen molar-refractivity contribution in [2.24, 2.45) is 16.5 Å². The second-order valence-corrected chi connectivity index (χ2v) is 6.87. The normalized spacial score (nSPS) is 12.8. The van der Waals surface area contributed by atoms with Gasteiger partial charge in [-0.2, -0.15) is 13.2 Å². The van der Waals surface area contributed by atoms with Crippen LogP contribution in [0.15, 0.2) is 28.9 Å². The number of halogens is 3. The molecule has 0 spiro atoms. The van der Waals surface area contributed by atoms with Crippen molar-refractivity contribution in [3.63, 3.8) is 0 Å². The van der Waals surface area contributed by atoms with Crippen LogP contribution in [0.25, 0.3) is 11.0 Å². The van der Waals surface area contributed by atoms with Crippen molar-refractivity contribution in [3.8, 4) is 5.75 Å². The van der Waals surface area contributed by atoms with E-state index in [1.807, 2.05) is 0 Å². The van der Waals surface area contributed by atoms with Gasteiger partial charge < -0.3 is 26.1 Å². The first-order valence-corrected chi connectivity index (χ1v) is 9.96. The summed E-state index contributed by atoms with van der Waals surface area (Å²) in [5.74, 6) is -1.30. The Morgan fingerprint density at radius 2 is 2.00 bits per heavy atom. The highest BCUT2D eigenvalue weighted by molar-refractivity contribution is 6.47. The van der Waals surface area contributed by atoms with Gasteiger partial charge in [-0.1, -0.05) is 0 Å². The number of fused-ring (bicyclic) bond motifs is 1. The summed E-state index contributed by atoms with van der Waals surface area (Å²) in [5.41, 5.74) is 9.39. The molecule has 0 atom stereocenters. The third-order valence-electron chi connectivity index (χ3n) is 4.53. The highest BCUT2D eigenvalue weighted by atomic mass is 19.4. The summed E-state index contributed by atoms with van der Waals surface area (Å²) in [7, 11) is 3.18. The van der Waals surface area contributed by atoms with Gasteiger partial charge in [0, 0.05) is 18.7 Å². The number of amides is 2. The van der Waals surface area contributed by atoms with Crippen LogP contribution in [0, 0.1) is 0 Å². The van der Waals surface area contributed by atoms with Gasteiger partial charge >= 0.3 is 6.18 Å². The van der Waals surface area contributed by atoms with E-state index in [1.54, 1.807) is 18.5 Å². The fourth-order valence-corrected chi connectivity index (χ4v) is 3.00. The van der Waals surface area contributed by atoms with E-state index in [-0.39, 0.29) is 18.1 Å². The van der Waals surface area contributed by atoms with Gasteiger partial charge in [0.1, 0.15) is 22.7 Å². The van der Waals surface area contributed by atoms with Crippen LogP contribution < -0.4 is 26.8 Å². The van der Waals surface area contributed by atoms with E-state index in [0.717, 1.165) is 0 Å². The lowest BCUT2D eigenvalue weighted by Crippen LogP contribution is -2.27. The molecule has 0 unspecified atom stereocenters. The number of carbonyl (C=O) groups is 2. The van der Waals surface area contributed by atoms with Gasteiger partial charge in [0.05, 0.1) is 12.6 Å². The second kappa shape index (κ2) is 10.8. The van der Waals surface area contributed by atoms with Crippen LogP contribution in [-0.4, -0.2) is 60.5 Å². The SMILES string of the molecule is CCN=C(C=C(N)C(F)(F)F)C(=O)Nc1nc2cc(C(N)=O)cc(OC)c2n1CCCNC. The number of aromatic nitrogens is 2. The van der Waals surface area contributed by atoms with Crippen molar-refractivity contribution >= 4 is 34.5 Å². The first kappa shape index (κ1) is 25.6. The average Bonchev–Trinajstić information content (AvgIpc) is 3.09. The molecule has 33 heavy (non-hydrogen) atoms. The number of primary amides is 1. The lowest BCUT2D eigenvalue weighted by molar-refractivity contribution is -0.110. The molecular formula is C20H26F3N7O3. The van der Waals surface area contributed by atoms with Gasteiger partial charge in [-0.15, -0.1) is 0 Å². The molecule has 2 rings (SSSR count). The zero-order valence-electron chi connectivity index (χ0n) is 18.4. The zero-order valence-corrected chi connectivity index (χ0v) is 18.4. The van der Waals surface area contributed by atoms with Crippen LogP contribution >= 0.6 is 0 Å². The monoisotopic (exact) mass is 469 g/mol. The van der Waals surface area contributed by atoms with Gasteiger partial charge in [0.2, 0.25) is 11.9 Å². The van der Waals surface area contributed by atoms with Gasteiger partial charge in [0.25, 0.3) is 5.91 Å². The topological polar surface area (TPSA) is 150 Å². The van der Waals surface area contributed by atoms with E-state index in [9.17, 15) is 22.8 Å². The van der Waals surface area contributed by atoms with Crippen LogP contribution in [-0.2, 0) is 11.3 Å². The van der Waals surface area contributed by atoms with Crippen molar-refractivity contribution in [3.05, 3.63) is 29.5 Å². The smallest absolute Gasteiger partial charge is 0.430 e. The van der Waals surface area contributed by atoms with Crippen molar-refractivity contribution < 1.29 is 27.5 Å². The number of allylic oxidation sites excluding steroid dienone is 1. The van der Waals surface area contributed by atoms with Crippen LogP contribution in [0.4, 0.5) is 19.1 Å². The van der Waals surface area contributed by atoms with Crippen LogP contribution in [0.1, 0.15) is 23.7 Å². The van der Waals surface area contributed by atoms with Crippen LogP contribution in [0.5, 0.6) is 5.75 Å². The fourth-order valence-electron chi connectivity index (χ4n) is 3.00. The number of ether oxygens (including phenoxy) is 1. The molecule has 0 aliphatic heterocycles. The molecule has 1 aromatic heterocycles. The maximum atomic E-state index is 12.8. The Morgan fingerprint density at radius 1 is 1.30 bits per heavy atom. The largest absolute Gasteiger partial charge is 0.494 e. The van der Waals surface area contributed by atoms with Crippen molar-refractivity contribution in [2.45, 2.75) is 26.1 Å². The minimum Gasteiger partial charge on any atom is -0.494 e. The van der Waals surface area contributed by atoms with E-state index < -0.39 is 29.4 Å². The molecule has 0 fully saturated rings. The number of hydrogen-bond acceptors (Lipinski definition) is 7.